The van der Waals surface area contributed by atoms with Crippen LogP contribution in [0.5, 0.6) is 0 Å². The Balaban J connectivity index is 2.31. The van der Waals surface area contributed by atoms with Crippen LogP contribution in [0.3, 0.4) is 0 Å². The third-order valence-electron chi connectivity index (χ3n) is 4.30. The molecule has 0 amide bonds. The number of hydrogen-bond acceptors (Lipinski definition) is 4. The molecule has 1 N–H and O–H groups in total. The van der Waals surface area contributed by atoms with E-state index in [0.717, 1.165) is 31.5 Å². The van der Waals surface area contributed by atoms with E-state index in [1.807, 2.05) is 0 Å². The molecule has 1 fully saturated rings. The molecule has 0 radical (unpaired) electrons. The summed E-state index contributed by atoms with van der Waals surface area (Å²) in [7, 11) is 0. The number of anilines is 1. The van der Waals surface area contributed by atoms with Gasteiger partial charge in [0.15, 0.2) is 0 Å². The number of carboxylic acid groups (broad SMARTS) is 1. The molecular formula is C15H20N2O4. The second-order valence-electron chi connectivity index (χ2n) is 5.60. The zero-order chi connectivity index (χ0) is 15.6. The molecule has 1 saturated heterocycles. The normalized spacial score (nSPS) is 22.1. The van der Waals surface area contributed by atoms with Crippen LogP contribution in [0.2, 0.25) is 0 Å². The molecule has 21 heavy (non-hydrogen) atoms. The lowest BCUT2D eigenvalue weighted by Gasteiger charge is -2.39. The summed E-state index contributed by atoms with van der Waals surface area (Å²) in [6, 6.07) is 4.67. The van der Waals surface area contributed by atoms with Gasteiger partial charge < -0.3 is 10.0 Å². The first-order valence-corrected chi connectivity index (χ1v) is 7.22. The molecule has 2 rings (SSSR count). The summed E-state index contributed by atoms with van der Waals surface area (Å²) in [6.45, 7) is 5.15. The fourth-order valence-electron chi connectivity index (χ4n) is 3.06. The van der Waals surface area contributed by atoms with Crippen molar-refractivity contribution in [3.63, 3.8) is 0 Å². The van der Waals surface area contributed by atoms with Crippen molar-refractivity contribution in [3.8, 4) is 0 Å². The van der Waals surface area contributed by atoms with Gasteiger partial charge in [-0.05, 0) is 37.8 Å². The number of nitrogens with zero attached hydrogens (tertiary/aromatic N) is 2. The quantitative estimate of drug-likeness (QED) is 0.680. The van der Waals surface area contributed by atoms with Crippen LogP contribution in [0.4, 0.5) is 11.4 Å². The predicted molar refractivity (Wildman–Crippen MR) is 79.9 cm³/mol. The fourth-order valence-corrected chi connectivity index (χ4v) is 3.06. The lowest BCUT2D eigenvalue weighted by Crippen LogP contribution is -2.40. The van der Waals surface area contributed by atoms with Crippen molar-refractivity contribution in [1.82, 2.24) is 0 Å². The second-order valence-corrected chi connectivity index (χ2v) is 5.60. The molecule has 0 aliphatic carbocycles. The van der Waals surface area contributed by atoms with Crippen LogP contribution in [-0.2, 0) is 0 Å². The van der Waals surface area contributed by atoms with E-state index in [9.17, 15) is 14.9 Å². The highest BCUT2D eigenvalue weighted by Crippen LogP contribution is 2.32. The molecule has 6 heteroatoms. The largest absolute Gasteiger partial charge is 0.477 e. The number of aromatic carboxylic acids is 1. The van der Waals surface area contributed by atoms with E-state index in [-0.39, 0.29) is 11.3 Å². The van der Waals surface area contributed by atoms with Crippen LogP contribution < -0.4 is 4.90 Å². The molecule has 1 aromatic carbocycles. The molecule has 1 aliphatic heterocycles. The van der Waals surface area contributed by atoms with Crippen molar-refractivity contribution >= 4 is 17.3 Å². The Labute approximate surface area is 123 Å². The highest BCUT2D eigenvalue weighted by atomic mass is 16.6. The van der Waals surface area contributed by atoms with E-state index in [0.29, 0.717) is 12.0 Å². The Morgan fingerprint density at radius 3 is 2.76 bits per heavy atom. The maximum Gasteiger partial charge on any atom is 0.342 e. The number of benzene rings is 1. The first-order chi connectivity index (χ1) is 9.93. The second kappa shape index (κ2) is 6.11. The number of nitro benzene ring substituents is 1. The van der Waals surface area contributed by atoms with Gasteiger partial charge in [0.05, 0.1) is 4.92 Å². The molecule has 2 atom stereocenters. The van der Waals surface area contributed by atoms with E-state index in [1.165, 1.54) is 12.1 Å². The third kappa shape index (κ3) is 3.15. The Morgan fingerprint density at radius 2 is 2.24 bits per heavy atom. The summed E-state index contributed by atoms with van der Waals surface area (Å²) < 4.78 is 0. The monoisotopic (exact) mass is 292 g/mol. The van der Waals surface area contributed by atoms with Gasteiger partial charge >= 0.3 is 5.97 Å². The van der Waals surface area contributed by atoms with Gasteiger partial charge in [0, 0.05) is 24.3 Å². The molecule has 0 spiro atoms. The average Bonchev–Trinajstić information content (AvgIpc) is 2.46. The van der Waals surface area contributed by atoms with Crippen LogP contribution >= 0.6 is 0 Å². The molecule has 0 saturated carbocycles. The van der Waals surface area contributed by atoms with Gasteiger partial charge in [-0.2, -0.15) is 0 Å². The lowest BCUT2D eigenvalue weighted by molar-refractivity contribution is -0.385. The molecule has 6 nitrogen and oxygen atoms in total. The molecule has 0 bridgehead atoms. The number of piperidine rings is 1. The van der Waals surface area contributed by atoms with E-state index < -0.39 is 10.9 Å². The molecule has 1 aromatic rings. The maximum absolute atomic E-state index is 11.2. The minimum Gasteiger partial charge on any atom is -0.477 e. The van der Waals surface area contributed by atoms with E-state index >= 15 is 0 Å². The Morgan fingerprint density at radius 1 is 1.52 bits per heavy atom. The van der Waals surface area contributed by atoms with Gasteiger partial charge in [0.1, 0.15) is 5.56 Å². The van der Waals surface area contributed by atoms with Crippen molar-refractivity contribution < 1.29 is 14.8 Å². The van der Waals surface area contributed by atoms with Crippen LogP contribution in [0, 0.1) is 16.0 Å². The number of nitro groups is 1. The van der Waals surface area contributed by atoms with Gasteiger partial charge in [0.25, 0.3) is 5.69 Å². The first kappa shape index (κ1) is 15.3. The molecule has 1 aliphatic rings. The van der Waals surface area contributed by atoms with Gasteiger partial charge in [0.2, 0.25) is 0 Å². The number of carboxylic acids is 1. The summed E-state index contributed by atoms with van der Waals surface area (Å²) in [4.78, 5) is 23.6. The molecular weight excluding hydrogens is 272 g/mol. The van der Waals surface area contributed by atoms with Crippen LogP contribution in [0.15, 0.2) is 18.2 Å². The van der Waals surface area contributed by atoms with Crippen LogP contribution in [0.25, 0.3) is 0 Å². The minimum atomic E-state index is -1.26. The first-order valence-electron chi connectivity index (χ1n) is 7.22. The summed E-state index contributed by atoms with van der Waals surface area (Å²) in [6.07, 6.45) is 3.29. The van der Waals surface area contributed by atoms with Gasteiger partial charge in [-0.25, -0.2) is 4.79 Å². The van der Waals surface area contributed by atoms with Crippen molar-refractivity contribution in [2.75, 3.05) is 11.4 Å². The van der Waals surface area contributed by atoms with Crippen molar-refractivity contribution in [1.29, 1.82) is 0 Å². The smallest absolute Gasteiger partial charge is 0.342 e. The highest BCUT2D eigenvalue weighted by Gasteiger charge is 2.27. The number of rotatable bonds is 4. The highest BCUT2D eigenvalue weighted by molar-refractivity contribution is 5.93. The van der Waals surface area contributed by atoms with E-state index in [2.05, 4.69) is 18.7 Å². The Kier molecular flexibility index (Phi) is 4.45. The number of carbonyl (C=O) groups is 1. The van der Waals surface area contributed by atoms with Crippen molar-refractivity contribution in [2.45, 2.75) is 39.2 Å². The van der Waals surface area contributed by atoms with E-state index in [4.69, 9.17) is 5.11 Å². The fraction of sp³-hybridized carbons (Fsp3) is 0.533. The summed E-state index contributed by atoms with van der Waals surface area (Å²) in [5, 5.41) is 20.0. The zero-order valence-electron chi connectivity index (χ0n) is 12.3. The topological polar surface area (TPSA) is 83.7 Å². The number of hydrogen-bond donors (Lipinski definition) is 1. The lowest BCUT2D eigenvalue weighted by atomic mass is 9.89. The van der Waals surface area contributed by atoms with Crippen LogP contribution in [-0.4, -0.2) is 28.6 Å². The van der Waals surface area contributed by atoms with Gasteiger partial charge in [-0.1, -0.05) is 13.3 Å². The SMILES string of the molecule is CCC1CCN(c2ccc([N+](=O)[O-])c(C(=O)O)c2)C(C)C1. The zero-order valence-corrected chi connectivity index (χ0v) is 12.3. The summed E-state index contributed by atoms with van der Waals surface area (Å²) in [5.41, 5.74) is 0.143. The predicted octanol–water partition coefficient (Wildman–Crippen LogP) is 3.31. The molecule has 2 unspecified atom stereocenters. The van der Waals surface area contributed by atoms with E-state index in [1.54, 1.807) is 6.07 Å². The third-order valence-corrected chi connectivity index (χ3v) is 4.30. The molecule has 114 valence electrons. The maximum atomic E-state index is 11.2. The van der Waals surface area contributed by atoms with Gasteiger partial charge in [-0.15, -0.1) is 0 Å². The van der Waals surface area contributed by atoms with Crippen molar-refractivity contribution in [3.05, 3.63) is 33.9 Å². The van der Waals surface area contributed by atoms with Crippen molar-refractivity contribution in [2.24, 2.45) is 5.92 Å². The standard InChI is InChI=1S/C15H20N2O4/c1-3-11-6-7-16(10(2)8-11)12-4-5-14(17(20)21)13(9-12)15(18)19/h4-5,9-11H,3,6-8H2,1-2H3,(H,18,19). The Hall–Kier alpha value is -2.11. The summed E-state index contributed by atoms with van der Waals surface area (Å²) in [5.74, 6) is -0.562. The minimum absolute atomic E-state index is 0.248. The molecule has 1 heterocycles. The van der Waals surface area contributed by atoms with Crippen LogP contribution in [0.1, 0.15) is 43.5 Å². The summed E-state index contributed by atoms with van der Waals surface area (Å²) >= 11 is 0. The molecule has 0 aromatic heterocycles. The van der Waals surface area contributed by atoms with Gasteiger partial charge in [-0.3, -0.25) is 10.1 Å². The average molecular weight is 292 g/mol. The Bertz CT molecular complexity index is 559.